The average molecular weight is 608 g/mol. The first kappa shape index (κ1) is 31.1. The van der Waals surface area contributed by atoms with Crippen molar-refractivity contribution in [1.29, 1.82) is 0 Å². The third-order valence-corrected chi connectivity index (χ3v) is 8.79. The Hall–Kier alpha value is -3.92. The standard InChI is InChI=1S/C37H41N3O5/c1-43-25-32-8-5-19-40(32)23-33-20-35(28-12-10-26(24-41)11-13-28)45-37(44-33)29-16-14-27(15-17-29)34-9-3-2-6-30(34)22-39-36(42)31-7-4-18-38-21-31/h2-4,6-7,9-18,21,32-33,35,37,41H,5,8,19-20,22-25H2,1H3,(H,39,42). The second-order valence-corrected chi connectivity index (χ2v) is 11.8. The van der Waals surface area contributed by atoms with Gasteiger partial charge < -0.3 is 24.6 Å². The van der Waals surface area contributed by atoms with E-state index in [1.165, 1.54) is 6.42 Å². The number of hydrogen-bond acceptors (Lipinski definition) is 7. The molecule has 2 N–H and O–H groups in total. The molecule has 234 valence electrons. The van der Waals surface area contributed by atoms with E-state index in [9.17, 15) is 9.90 Å². The van der Waals surface area contributed by atoms with Crippen molar-refractivity contribution in [3.8, 4) is 11.1 Å². The number of likely N-dealkylation sites (tertiary alicyclic amines) is 1. The number of nitrogens with one attached hydrogen (secondary N) is 1. The molecular weight excluding hydrogens is 566 g/mol. The Kier molecular flexibility index (Phi) is 10.3. The topological polar surface area (TPSA) is 93.2 Å². The fourth-order valence-electron chi connectivity index (χ4n) is 6.36. The number of carbonyl (C=O) groups is 1. The molecule has 1 amide bonds. The summed E-state index contributed by atoms with van der Waals surface area (Å²) in [6.45, 7) is 3.03. The molecule has 2 fully saturated rings. The maximum Gasteiger partial charge on any atom is 0.253 e. The number of nitrogens with zero attached hydrogens (tertiary/aromatic N) is 2. The predicted octanol–water partition coefficient (Wildman–Crippen LogP) is 5.83. The lowest BCUT2D eigenvalue weighted by Crippen LogP contribution is -2.42. The van der Waals surface area contributed by atoms with E-state index in [2.05, 4.69) is 45.5 Å². The molecule has 8 nitrogen and oxygen atoms in total. The quantitative estimate of drug-likeness (QED) is 0.222. The van der Waals surface area contributed by atoms with Crippen molar-refractivity contribution < 1.29 is 24.1 Å². The Bertz CT molecular complexity index is 1530. The number of aliphatic hydroxyl groups is 1. The summed E-state index contributed by atoms with van der Waals surface area (Å²) in [5.41, 5.74) is 6.58. The molecule has 4 unspecified atom stereocenters. The van der Waals surface area contributed by atoms with Crippen LogP contribution in [0.25, 0.3) is 11.1 Å². The van der Waals surface area contributed by atoms with Gasteiger partial charge in [-0.2, -0.15) is 0 Å². The molecule has 0 bridgehead atoms. The SMILES string of the molecule is COCC1CCCN1CC1CC(c2ccc(CO)cc2)OC(c2ccc(-c3ccccc3CNC(=O)c3cccnc3)cc2)O1. The number of pyridine rings is 1. The van der Waals surface area contributed by atoms with Gasteiger partial charge in [-0.25, -0.2) is 0 Å². The Morgan fingerprint density at radius 1 is 1.00 bits per heavy atom. The first-order valence-electron chi connectivity index (χ1n) is 15.7. The van der Waals surface area contributed by atoms with Gasteiger partial charge in [0.25, 0.3) is 5.91 Å². The molecule has 8 heteroatoms. The van der Waals surface area contributed by atoms with Crippen LogP contribution in [-0.4, -0.2) is 59.8 Å². The number of ether oxygens (including phenoxy) is 3. The van der Waals surface area contributed by atoms with Gasteiger partial charge in [-0.05, 0) is 59.3 Å². The van der Waals surface area contributed by atoms with Crippen molar-refractivity contribution in [3.05, 3.63) is 125 Å². The minimum atomic E-state index is -0.516. The molecule has 2 aliphatic heterocycles. The number of aliphatic hydroxyl groups excluding tert-OH is 1. The molecule has 0 radical (unpaired) electrons. The summed E-state index contributed by atoms with van der Waals surface area (Å²) in [7, 11) is 1.77. The van der Waals surface area contributed by atoms with Crippen molar-refractivity contribution in [1.82, 2.24) is 15.2 Å². The van der Waals surface area contributed by atoms with Gasteiger partial charge in [-0.3, -0.25) is 14.7 Å². The zero-order valence-corrected chi connectivity index (χ0v) is 25.7. The smallest absolute Gasteiger partial charge is 0.253 e. The molecule has 6 rings (SSSR count). The molecule has 3 aromatic carbocycles. The van der Waals surface area contributed by atoms with Crippen molar-refractivity contribution >= 4 is 5.91 Å². The van der Waals surface area contributed by atoms with Crippen molar-refractivity contribution in [2.45, 2.75) is 57.0 Å². The molecule has 0 saturated carbocycles. The van der Waals surface area contributed by atoms with E-state index in [0.717, 1.165) is 65.9 Å². The third-order valence-electron chi connectivity index (χ3n) is 8.79. The Morgan fingerprint density at radius 3 is 2.56 bits per heavy atom. The van der Waals surface area contributed by atoms with Crippen LogP contribution in [0, 0.1) is 0 Å². The molecule has 45 heavy (non-hydrogen) atoms. The lowest BCUT2D eigenvalue weighted by atomic mass is 9.97. The number of rotatable bonds is 11. The van der Waals surface area contributed by atoms with E-state index in [4.69, 9.17) is 14.2 Å². The first-order valence-corrected chi connectivity index (χ1v) is 15.7. The van der Waals surface area contributed by atoms with Gasteiger partial charge in [0.2, 0.25) is 0 Å². The lowest BCUT2D eigenvalue weighted by molar-refractivity contribution is -0.253. The second-order valence-electron chi connectivity index (χ2n) is 11.8. The maximum atomic E-state index is 12.6. The van der Waals surface area contributed by atoms with Gasteiger partial charge in [0.05, 0.1) is 31.0 Å². The predicted molar refractivity (Wildman–Crippen MR) is 172 cm³/mol. The maximum absolute atomic E-state index is 12.6. The van der Waals surface area contributed by atoms with E-state index in [1.54, 1.807) is 31.6 Å². The van der Waals surface area contributed by atoms with Crippen LogP contribution < -0.4 is 5.32 Å². The van der Waals surface area contributed by atoms with Gasteiger partial charge in [-0.15, -0.1) is 0 Å². The van der Waals surface area contributed by atoms with E-state index in [-0.39, 0.29) is 24.7 Å². The summed E-state index contributed by atoms with van der Waals surface area (Å²) >= 11 is 0. The largest absolute Gasteiger partial charge is 0.392 e. The van der Waals surface area contributed by atoms with Gasteiger partial charge in [0.15, 0.2) is 6.29 Å². The van der Waals surface area contributed by atoms with Gasteiger partial charge in [0, 0.05) is 50.6 Å². The molecular formula is C37H41N3O5. The number of carbonyl (C=O) groups excluding carboxylic acids is 1. The number of benzene rings is 3. The van der Waals surface area contributed by atoms with E-state index in [0.29, 0.717) is 18.2 Å². The molecule has 3 heterocycles. The van der Waals surface area contributed by atoms with Crippen LogP contribution in [0.15, 0.2) is 97.3 Å². The van der Waals surface area contributed by atoms with Gasteiger partial charge >= 0.3 is 0 Å². The molecule has 0 aliphatic carbocycles. The highest BCUT2D eigenvalue weighted by Gasteiger charge is 2.35. The fourth-order valence-corrected chi connectivity index (χ4v) is 6.36. The molecule has 2 aliphatic rings. The van der Waals surface area contributed by atoms with Crippen LogP contribution in [-0.2, 0) is 27.4 Å². The Labute approximate surface area is 265 Å². The summed E-state index contributed by atoms with van der Waals surface area (Å²) in [4.78, 5) is 19.2. The number of aromatic nitrogens is 1. The van der Waals surface area contributed by atoms with Crippen LogP contribution in [0.1, 0.15) is 64.3 Å². The minimum absolute atomic E-state index is 0.00690. The summed E-state index contributed by atoms with van der Waals surface area (Å²) < 4.78 is 18.7. The summed E-state index contributed by atoms with van der Waals surface area (Å²) in [6, 6.07) is 28.4. The second kappa shape index (κ2) is 14.9. The van der Waals surface area contributed by atoms with E-state index in [1.807, 2.05) is 42.5 Å². The molecule has 1 aromatic heterocycles. The molecule has 0 spiro atoms. The van der Waals surface area contributed by atoms with Gasteiger partial charge in [0.1, 0.15) is 0 Å². The van der Waals surface area contributed by atoms with Crippen molar-refractivity contribution in [2.24, 2.45) is 0 Å². The number of methoxy groups -OCH3 is 1. The highest BCUT2D eigenvalue weighted by atomic mass is 16.7. The number of hydrogen-bond donors (Lipinski definition) is 2. The van der Waals surface area contributed by atoms with Crippen LogP contribution in [0.2, 0.25) is 0 Å². The first-order chi connectivity index (χ1) is 22.1. The lowest BCUT2D eigenvalue weighted by Gasteiger charge is -2.38. The Morgan fingerprint density at radius 2 is 1.80 bits per heavy atom. The zero-order chi connectivity index (χ0) is 31.0. The minimum Gasteiger partial charge on any atom is -0.392 e. The Balaban J connectivity index is 1.19. The molecule has 4 atom stereocenters. The highest BCUT2D eigenvalue weighted by molar-refractivity contribution is 5.93. The van der Waals surface area contributed by atoms with Gasteiger partial charge in [-0.1, -0.05) is 72.8 Å². The fraction of sp³-hybridized carbons (Fsp3) is 0.351. The van der Waals surface area contributed by atoms with E-state index >= 15 is 0 Å². The summed E-state index contributed by atoms with van der Waals surface area (Å²) in [6.07, 6.45) is 5.63. The zero-order valence-electron chi connectivity index (χ0n) is 25.7. The van der Waals surface area contributed by atoms with Crippen molar-refractivity contribution in [2.75, 3.05) is 26.8 Å². The third kappa shape index (κ3) is 7.66. The van der Waals surface area contributed by atoms with Crippen LogP contribution in [0.4, 0.5) is 0 Å². The molecule has 2 saturated heterocycles. The monoisotopic (exact) mass is 607 g/mol. The van der Waals surface area contributed by atoms with Crippen LogP contribution in [0.5, 0.6) is 0 Å². The summed E-state index contributed by atoms with van der Waals surface area (Å²) in [5.74, 6) is -0.155. The number of amides is 1. The van der Waals surface area contributed by atoms with E-state index < -0.39 is 6.29 Å². The van der Waals surface area contributed by atoms with Crippen molar-refractivity contribution in [3.63, 3.8) is 0 Å². The average Bonchev–Trinajstić information content (AvgIpc) is 3.54. The molecule has 4 aromatic rings. The highest BCUT2D eigenvalue weighted by Crippen LogP contribution is 2.39. The summed E-state index contributed by atoms with van der Waals surface area (Å²) in [5, 5.41) is 12.6. The van der Waals surface area contributed by atoms with Crippen LogP contribution >= 0.6 is 0 Å². The normalized spacial score (nSPS) is 21.9. The van der Waals surface area contributed by atoms with Crippen LogP contribution in [0.3, 0.4) is 0 Å².